The average molecular weight is 371 g/mol. The maximum atomic E-state index is 5.78. The van der Waals surface area contributed by atoms with Gasteiger partial charge in [-0.25, -0.2) is 0 Å². The van der Waals surface area contributed by atoms with Crippen molar-refractivity contribution in [3.63, 3.8) is 0 Å². The molecule has 0 saturated carbocycles. The van der Waals surface area contributed by atoms with Crippen LogP contribution in [0.15, 0.2) is 24.4 Å². The van der Waals surface area contributed by atoms with E-state index in [-0.39, 0.29) is 6.79 Å². The van der Waals surface area contributed by atoms with Gasteiger partial charge in [-0.3, -0.25) is 0 Å². The Kier molecular flexibility index (Phi) is 4.17. The van der Waals surface area contributed by atoms with E-state index in [1.54, 1.807) is 6.20 Å². The van der Waals surface area contributed by atoms with Crippen molar-refractivity contribution in [2.24, 2.45) is 0 Å². The van der Waals surface area contributed by atoms with Crippen LogP contribution in [-0.4, -0.2) is 54.1 Å². The Balaban J connectivity index is 1.22. The fraction of sp³-hybridized carbons (Fsp3) is 0.500. The van der Waals surface area contributed by atoms with Gasteiger partial charge in [-0.15, -0.1) is 5.10 Å². The van der Waals surface area contributed by atoms with Crippen LogP contribution in [0, 0.1) is 0 Å². The Morgan fingerprint density at radius 1 is 1.07 bits per heavy atom. The summed E-state index contributed by atoms with van der Waals surface area (Å²) in [6, 6.07) is 5.85. The smallest absolute Gasteiger partial charge is 0.244 e. The molecule has 3 aliphatic rings. The third-order valence-corrected chi connectivity index (χ3v) is 5.10. The molecule has 2 saturated heterocycles. The van der Waals surface area contributed by atoms with Crippen LogP contribution >= 0.6 is 0 Å². The Hall–Kier alpha value is -2.65. The number of nitrogens with one attached hydrogen (secondary N) is 1. The Bertz CT molecular complexity index is 817. The Morgan fingerprint density at radius 2 is 1.89 bits per heavy atom. The molecule has 1 N–H and O–H groups in total. The second-order valence-electron chi connectivity index (χ2n) is 6.77. The van der Waals surface area contributed by atoms with Crippen molar-refractivity contribution >= 4 is 11.8 Å². The van der Waals surface area contributed by atoms with Gasteiger partial charge < -0.3 is 29.2 Å². The molecule has 0 radical (unpaired) electrons. The number of benzene rings is 1. The number of anilines is 2. The fourth-order valence-electron chi connectivity index (χ4n) is 3.62. The first-order chi connectivity index (χ1) is 13.3. The van der Waals surface area contributed by atoms with Crippen LogP contribution in [0.3, 0.4) is 0 Å². The van der Waals surface area contributed by atoms with Gasteiger partial charge in [0, 0.05) is 32.5 Å². The summed E-state index contributed by atoms with van der Waals surface area (Å²) in [5.74, 6) is 2.46. The molecule has 27 heavy (non-hydrogen) atoms. The third kappa shape index (κ3) is 3.35. The Morgan fingerprint density at radius 3 is 2.74 bits per heavy atom. The quantitative estimate of drug-likeness (QED) is 0.859. The molecule has 0 atom stereocenters. The minimum absolute atomic E-state index is 0.272. The summed E-state index contributed by atoms with van der Waals surface area (Å²) >= 11 is 0. The minimum atomic E-state index is -0.391. The SMILES string of the molecule is c1cc2c(cc1CNc1nncc(N3CCC4(CC3)OCCO4)n1)OCO2. The van der Waals surface area contributed by atoms with E-state index in [2.05, 4.69) is 25.4 Å². The maximum absolute atomic E-state index is 5.78. The predicted molar refractivity (Wildman–Crippen MR) is 95.8 cm³/mol. The molecule has 9 nitrogen and oxygen atoms in total. The van der Waals surface area contributed by atoms with Crippen molar-refractivity contribution in [1.29, 1.82) is 0 Å². The molecule has 1 aromatic heterocycles. The summed E-state index contributed by atoms with van der Waals surface area (Å²) in [6.45, 7) is 3.85. The van der Waals surface area contributed by atoms with Crippen LogP contribution in [0.25, 0.3) is 0 Å². The molecule has 4 heterocycles. The molecule has 0 amide bonds. The highest BCUT2D eigenvalue weighted by molar-refractivity contribution is 5.46. The summed E-state index contributed by atoms with van der Waals surface area (Å²) in [5, 5.41) is 11.4. The van der Waals surface area contributed by atoms with E-state index in [0.29, 0.717) is 25.7 Å². The molecule has 5 rings (SSSR count). The second kappa shape index (κ2) is 6.82. The summed E-state index contributed by atoms with van der Waals surface area (Å²) < 4.78 is 22.3. The van der Waals surface area contributed by atoms with E-state index in [0.717, 1.165) is 48.8 Å². The number of ether oxygens (including phenoxy) is 4. The third-order valence-electron chi connectivity index (χ3n) is 5.10. The highest BCUT2D eigenvalue weighted by Crippen LogP contribution is 2.33. The van der Waals surface area contributed by atoms with Crippen molar-refractivity contribution in [3.05, 3.63) is 30.0 Å². The largest absolute Gasteiger partial charge is 0.454 e. The van der Waals surface area contributed by atoms with Gasteiger partial charge in [0.25, 0.3) is 0 Å². The summed E-state index contributed by atoms with van der Waals surface area (Å²) in [7, 11) is 0. The van der Waals surface area contributed by atoms with Crippen LogP contribution in [-0.2, 0) is 16.0 Å². The lowest BCUT2D eigenvalue weighted by molar-refractivity contribution is -0.169. The van der Waals surface area contributed by atoms with Crippen LogP contribution in [0.2, 0.25) is 0 Å². The zero-order chi connectivity index (χ0) is 18.1. The van der Waals surface area contributed by atoms with Gasteiger partial charge in [-0.05, 0) is 17.7 Å². The molecule has 2 fully saturated rings. The number of piperidine rings is 1. The minimum Gasteiger partial charge on any atom is -0.454 e. The van der Waals surface area contributed by atoms with E-state index in [1.165, 1.54) is 0 Å². The number of aromatic nitrogens is 3. The van der Waals surface area contributed by atoms with Gasteiger partial charge in [0.2, 0.25) is 12.7 Å². The van der Waals surface area contributed by atoms with E-state index < -0.39 is 5.79 Å². The molecule has 9 heteroatoms. The van der Waals surface area contributed by atoms with Gasteiger partial charge in [-0.2, -0.15) is 10.1 Å². The molecule has 0 unspecified atom stereocenters. The highest BCUT2D eigenvalue weighted by Gasteiger charge is 2.40. The monoisotopic (exact) mass is 371 g/mol. The van der Waals surface area contributed by atoms with Crippen molar-refractivity contribution in [2.45, 2.75) is 25.2 Å². The van der Waals surface area contributed by atoms with Gasteiger partial charge >= 0.3 is 0 Å². The van der Waals surface area contributed by atoms with E-state index >= 15 is 0 Å². The number of fused-ring (bicyclic) bond motifs is 1. The number of nitrogens with zero attached hydrogens (tertiary/aromatic N) is 4. The van der Waals surface area contributed by atoms with Gasteiger partial charge in [0.05, 0.1) is 19.4 Å². The zero-order valence-electron chi connectivity index (χ0n) is 14.9. The lowest BCUT2D eigenvalue weighted by Gasteiger charge is -2.37. The molecule has 0 aliphatic carbocycles. The molecule has 1 spiro atoms. The van der Waals surface area contributed by atoms with Crippen LogP contribution < -0.4 is 19.7 Å². The first-order valence-corrected chi connectivity index (χ1v) is 9.15. The standard InChI is InChI=1S/C18H21N5O4/c1-2-14-15(25-12-24-14)9-13(1)10-19-17-21-16(11-20-22-17)23-5-3-18(4-6-23)26-7-8-27-18/h1-2,9,11H,3-8,10,12H2,(H,19,21,22). The molecule has 3 aliphatic heterocycles. The molecular formula is C18H21N5O4. The second-order valence-corrected chi connectivity index (χ2v) is 6.77. The molecule has 2 aromatic rings. The normalized spacial score (nSPS) is 20.2. The topological polar surface area (TPSA) is 90.9 Å². The lowest BCUT2D eigenvalue weighted by Crippen LogP contribution is -2.45. The number of rotatable bonds is 4. The molecule has 0 bridgehead atoms. The van der Waals surface area contributed by atoms with Crippen LogP contribution in [0.4, 0.5) is 11.8 Å². The number of hydrogen-bond acceptors (Lipinski definition) is 9. The first-order valence-electron chi connectivity index (χ1n) is 9.15. The Labute approximate surface area is 156 Å². The summed E-state index contributed by atoms with van der Waals surface area (Å²) in [4.78, 5) is 6.79. The van der Waals surface area contributed by atoms with Crippen LogP contribution in [0.1, 0.15) is 18.4 Å². The van der Waals surface area contributed by atoms with E-state index in [1.807, 2.05) is 18.2 Å². The van der Waals surface area contributed by atoms with Crippen molar-refractivity contribution in [3.8, 4) is 11.5 Å². The van der Waals surface area contributed by atoms with Crippen LogP contribution in [0.5, 0.6) is 11.5 Å². The van der Waals surface area contributed by atoms with Gasteiger partial charge in [0.1, 0.15) is 0 Å². The summed E-state index contributed by atoms with van der Waals surface area (Å²) in [5.41, 5.74) is 1.06. The van der Waals surface area contributed by atoms with Crippen molar-refractivity contribution in [1.82, 2.24) is 15.2 Å². The average Bonchev–Trinajstić information content (AvgIpc) is 3.36. The van der Waals surface area contributed by atoms with Crippen molar-refractivity contribution in [2.75, 3.05) is 43.3 Å². The predicted octanol–water partition coefficient (Wildman–Crippen LogP) is 1.56. The lowest BCUT2D eigenvalue weighted by atomic mass is 10.0. The summed E-state index contributed by atoms with van der Waals surface area (Å²) in [6.07, 6.45) is 3.36. The van der Waals surface area contributed by atoms with Gasteiger partial charge in [-0.1, -0.05) is 6.07 Å². The highest BCUT2D eigenvalue weighted by atomic mass is 16.7. The maximum Gasteiger partial charge on any atom is 0.244 e. The molecule has 1 aromatic carbocycles. The number of hydrogen-bond donors (Lipinski definition) is 1. The zero-order valence-corrected chi connectivity index (χ0v) is 14.9. The van der Waals surface area contributed by atoms with Gasteiger partial charge in [0.15, 0.2) is 23.1 Å². The molecule has 142 valence electrons. The van der Waals surface area contributed by atoms with E-state index in [4.69, 9.17) is 18.9 Å². The van der Waals surface area contributed by atoms with E-state index in [9.17, 15) is 0 Å². The fourth-order valence-corrected chi connectivity index (χ4v) is 3.62. The van der Waals surface area contributed by atoms with Crippen molar-refractivity contribution < 1.29 is 18.9 Å². The molecular weight excluding hydrogens is 350 g/mol. The first kappa shape index (κ1) is 16.5.